The molecule has 0 aromatic rings. The minimum atomic E-state index is 0.424. The van der Waals surface area contributed by atoms with E-state index in [9.17, 15) is 0 Å². The van der Waals surface area contributed by atoms with E-state index in [1.165, 1.54) is 6.42 Å². The minimum Gasteiger partial charge on any atom is -0.357 e. The Hall–Kier alpha value is -0.640. The van der Waals surface area contributed by atoms with Crippen LogP contribution in [0.2, 0.25) is 0 Å². The molecule has 1 N–H and O–H groups in total. The summed E-state index contributed by atoms with van der Waals surface area (Å²) >= 11 is 1.88. The zero-order valence-corrected chi connectivity index (χ0v) is 12.9. The van der Waals surface area contributed by atoms with Gasteiger partial charge < -0.3 is 10.2 Å². The Bertz CT molecular complexity index is 287. The van der Waals surface area contributed by atoms with E-state index in [2.05, 4.69) is 37.6 Å². The summed E-state index contributed by atoms with van der Waals surface area (Å²) in [5, 5.41) is 3.40. The molecule has 0 saturated carbocycles. The standard InChI is InChI=1S/C14H27N3S/c1-5-10-18-11-8-16-13(15-6-2)17-9-7-14(3,4)12-17/h5H,1,6-12H2,2-4H3,(H,15,16). The molecule has 1 heterocycles. The molecule has 0 spiro atoms. The van der Waals surface area contributed by atoms with Crippen molar-refractivity contribution in [1.29, 1.82) is 0 Å². The van der Waals surface area contributed by atoms with E-state index in [0.29, 0.717) is 5.41 Å². The Morgan fingerprint density at radius 3 is 2.89 bits per heavy atom. The predicted molar refractivity (Wildman–Crippen MR) is 83.5 cm³/mol. The normalized spacial score (nSPS) is 19.1. The van der Waals surface area contributed by atoms with Crippen LogP contribution in [-0.2, 0) is 0 Å². The number of aliphatic imine (C=N–C) groups is 1. The number of hydrogen-bond donors (Lipinski definition) is 1. The summed E-state index contributed by atoms with van der Waals surface area (Å²) in [4.78, 5) is 7.10. The van der Waals surface area contributed by atoms with Crippen molar-refractivity contribution < 1.29 is 0 Å². The zero-order valence-electron chi connectivity index (χ0n) is 12.0. The van der Waals surface area contributed by atoms with Gasteiger partial charge in [-0.25, -0.2) is 0 Å². The monoisotopic (exact) mass is 269 g/mol. The maximum Gasteiger partial charge on any atom is 0.193 e. The van der Waals surface area contributed by atoms with Gasteiger partial charge in [0.05, 0.1) is 6.54 Å². The third-order valence-corrected chi connectivity index (χ3v) is 3.99. The largest absolute Gasteiger partial charge is 0.357 e. The van der Waals surface area contributed by atoms with E-state index >= 15 is 0 Å². The molecule has 18 heavy (non-hydrogen) atoms. The van der Waals surface area contributed by atoms with Crippen molar-refractivity contribution in [3.63, 3.8) is 0 Å². The van der Waals surface area contributed by atoms with Gasteiger partial charge in [-0.15, -0.1) is 6.58 Å². The van der Waals surface area contributed by atoms with Crippen LogP contribution in [0.5, 0.6) is 0 Å². The van der Waals surface area contributed by atoms with Crippen LogP contribution >= 0.6 is 11.8 Å². The van der Waals surface area contributed by atoms with Crippen LogP contribution < -0.4 is 5.32 Å². The van der Waals surface area contributed by atoms with E-state index < -0.39 is 0 Å². The lowest BCUT2D eigenvalue weighted by atomic mass is 9.93. The maximum absolute atomic E-state index is 4.71. The van der Waals surface area contributed by atoms with E-state index in [-0.39, 0.29) is 0 Å². The average molecular weight is 269 g/mol. The zero-order chi connectivity index (χ0) is 13.4. The number of likely N-dealkylation sites (tertiary alicyclic amines) is 1. The molecule has 0 radical (unpaired) electrons. The second-order valence-electron chi connectivity index (χ2n) is 5.44. The summed E-state index contributed by atoms with van der Waals surface area (Å²) in [6.07, 6.45) is 3.20. The van der Waals surface area contributed by atoms with Crippen LogP contribution in [0.1, 0.15) is 27.2 Å². The van der Waals surface area contributed by atoms with Crippen molar-refractivity contribution in [3.8, 4) is 0 Å². The minimum absolute atomic E-state index is 0.424. The van der Waals surface area contributed by atoms with Gasteiger partial charge in [-0.3, -0.25) is 4.99 Å². The smallest absolute Gasteiger partial charge is 0.193 e. The number of thioether (sulfide) groups is 1. The highest BCUT2D eigenvalue weighted by Gasteiger charge is 2.30. The first-order valence-electron chi connectivity index (χ1n) is 6.81. The first-order valence-corrected chi connectivity index (χ1v) is 7.96. The highest BCUT2D eigenvalue weighted by atomic mass is 32.2. The molecule has 0 aromatic carbocycles. The van der Waals surface area contributed by atoms with Crippen molar-refractivity contribution >= 4 is 17.7 Å². The van der Waals surface area contributed by atoms with Crippen LogP contribution in [0, 0.1) is 5.41 Å². The molecule has 4 heteroatoms. The van der Waals surface area contributed by atoms with Crippen LogP contribution in [0.25, 0.3) is 0 Å². The topological polar surface area (TPSA) is 27.6 Å². The SMILES string of the molecule is C=CCSCCN=C(NCC)N1CCC(C)(C)C1. The van der Waals surface area contributed by atoms with Crippen molar-refractivity contribution in [1.82, 2.24) is 10.2 Å². The van der Waals surface area contributed by atoms with Gasteiger partial charge >= 0.3 is 0 Å². The fourth-order valence-electron chi connectivity index (χ4n) is 2.10. The first kappa shape index (κ1) is 15.4. The van der Waals surface area contributed by atoms with Gasteiger partial charge in [0.1, 0.15) is 0 Å². The molecule has 0 unspecified atom stereocenters. The molecule has 1 saturated heterocycles. The summed E-state index contributed by atoms with van der Waals surface area (Å²) in [7, 11) is 0. The summed E-state index contributed by atoms with van der Waals surface area (Å²) < 4.78 is 0. The van der Waals surface area contributed by atoms with Crippen LogP contribution in [0.4, 0.5) is 0 Å². The third kappa shape index (κ3) is 5.34. The van der Waals surface area contributed by atoms with Gasteiger partial charge in [-0.05, 0) is 18.8 Å². The number of rotatable bonds is 6. The van der Waals surface area contributed by atoms with E-state index in [1.54, 1.807) is 0 Å². The molecular formula is C14H27N3S. The highest BCUT2D eigenvalue weighted by molar-refractivity contribution is 7.99. The fraction of sp³-hybridized carbons (Fsp3) is 0.786. The van der Waals surface area contributed by atoms with Gasteiger partial charge in [0.15, 0.2) is 5.96 Å². The molecule has 1 aliphatic rings. The summed E-state index contributed by atoms with van der Waals surface area (Å²) in [5.74, 6) is 3.17. The fourth-order valence-corrected chi connectivity index (χ4v) is 2.66. The molecule has 104 valence electrons. The first-order chi connectivity index (χ1) is 8.59. The second kappa shape index (κ2) is 7.72. The molecule has 0 aliphatic carbocycles. The van der Waals surface area contributed by atoms with Crippen molar-refractivity contribution in [2.24, 2.45) is 10.4 Å². The quantitative estimate of drug-likeness (QED) is 0.348. The molecule has 0 aromatic heterocycles. The van der Waals surface area contributed by atoms with Crippen LogP contribution in [-0.4, -0.2) is 48.5 Å². The average Bonchev–Trinajstić information content (AvgIpc) is 2.68. The van der Waals surface area contributed by atoms with Crippen molar-refractivity contribution in [3.05, 3.63) is 12.7 Å². The summed E-state index contributed by atoms with van der Waals surface area (Å²) in [6, 6.07) is 0. The Morgan fingerprint density at radius 2 is 2.33 bits per heavy atom. The van der Waals surface area contributed by atoms with E-state index in [1.807, 2.05) is 17.8 Å². The van der Waals surface area contributed by atoms with Gasteiger partial charge in [0, 0.05) is 31.1 Å². The Labute approximate surface area is 116 Å². The number of nitrogens with one attached hydrogen (secondary N) is 1. The van der Waals surface area contributed by atoms with Gasteiger partial charge in [-0.1, -0.05) is 19.9 Å². The maximum atomic E-state index is 4.71. The predicted octanol–water partition coefficient (Wildman–Crippen LogP) is 2.60. The Morgan fingerprint density at radius 1 is 1.56 bits per heavy atom. The van der Waals surface area contributed by atoms with Crippen LogP contribution in [0.15, 0.2) is 17.6 Å². The van der Waals surface area contributed by atoms with Crippen molar-refractivity contribution in [2.45, 2.75) is 27.2 Å². The lowest BCUT2D eigenvalue weighted by molar-refractivity contribution is 0.370. The van der Waals surface area contributed by atoms with Crippen LogP contribution in [0.3, 0.4) is 0 Å². The Balaban J connectivity index is 2.43. The van der Waals surface area contributed by atoms with E-state index in [0.717, 1.165) is 43.6 Å². The van der Waals surface area contributed by atoms with Gasteiger partial charge in [0.2, 0.25) is 0 Å². The molecular weight excluding hydrogens is 242 g/mol. The summed E-state index contributed by atoms with van der Waals surface area (Å²) in [6.45, 7) is 14.6. The number of guanidine groups is 1. The molecule has 0 atom stereocenters. The molecule has 1 rings (SSSR count). The lowest BCUT2D eigenvalue weighted by Gasteiger charge is -2.23. The second-order valence-corrected chi connectivity index (χ2v) is 6.58. The lowest BCUT2D eigenvalue weighted by Crippen LogP contribution is -2.40. The molecule has 1 fully saturated rings. The molecule has 3 nitrogen and oxygen atoms in total. The van der Waals surface area contributed by atoms with Crippen molar-refractivity contribution in [2.75, 3.05) is 37.7 Å². The number of hydrogen-bond acceptors (Lipinski definition) is 2. The molecule has 0 bridgehead atoms. The molecule has 0 amide bonds. The third-order valence-electron chi connectivity index (χ3n) is 3.04. The highest BCUT2D eigenvalue weighted by Crippen LogP contribution is 2.28. The summed E-state index contributed by atoms with van der Waals surface area (Å²) in [5.41, 5.74) is 0.424. The van der Waals surface area contributed by atoms with Gasteiger partial charge in [-0.2, -0.15) is 11.8 Å². The van der Waals surface area contributed by atoms with E-state index in [4.69, 9.17) is 4.99 Å². The number of nitrogens with zero attached hydrogens (tertiary/aromatic N) is 2. The molecule has 1 aliphatic heterocycles. The Kier molecular flexibility index (Phi) is 6.61. The van der Waals surface area contributed by atoms with Gasteiger partial charge in [0.25, 0.3) is 0 Å².